The maximum atomic E-state index is 15.3. The number of hydrogen-bond acceptors (Lipinski definition) is 4. The lowest BCUT2D eigenvalue weighted by Gasteiger charge is -2.36. The lowest BCUT2D eigenvalue weighted by atomic mass is 9.86. The summed E-state index contributed by atoms with van der Waals surface area (Å²) in [5.41, 5.74) is 3.87. The van der Waals surface area contributed by atoms with Crippen molar-refractivity contribution in [2.24, 2.45) is 5.92 Å². The van der Waals surface area contributed by atoms with Gasteiger partial charge in [0.2, 0.25) is 5.91 Å². The maximum Gasteiger partial charge on any atom is 0.225 e. The minimum atomic E-state index is -1.23. The first kappa shape index (κ1) is 20.7. The van der Waals surface area contributed by atoms with E-state index in [2.05, 4.69) is 27.4 Å². The van der Waals surface area contributed by atoms with E-state index in [1.54, 1.807) is 0 Å². The van der Waals surface area contributed by atoms with Gasteiger partial charge in [-0.3, -0.25) is 4.79 Å². The fourth-order valence-electron chi connectivity index (χ4n) is 5.25. The number of alkyl halides is 1. The summed E-state index contributed by atoms with van der Waals surface area (Å²) in [4.78, 5) is 16.8. The van der Waals surface area contributed by atoms with Gasteiger partial charge in [0.1, 0.15) is 5.67 Å². The third kappa shape index (κ3) is 3.88. The molecule has 3 fully saturated rings. The van der Waals surface area contributed by atoms with Gasteiger partial charge < -0.3 is 15.1 Å². The number of benzene rings is 1. The van der Waals surface area contributed by atoms with E-state index >= 15 is 4.39 Å². The molecular weight excluding hydrogens is 417 g/mol. The van der Waals surface area contributed by atoms with E-state index in [1.165, 1.54) is 0 Å². The third-order valence-corrected chi connectivity index (χ3v) is 7.48. The van der Waals surface area contributed by atoms with Gasteiger partial charge in [0.05, 0.1) is 11.2 Å². The third-order valence-electron chi connectivity index (χ3n) is 7.48. The molecule has 1 amide bonds. The van der Waals surface area contributed by atoms with E-state index < -0.39 is 5.67 Å². The highest BCUT2D eigenvalue weighted by atomic mass is 19.1. The van der Waals surface area contributed by atoms with Crippen molar-refractivity contribution >= 4 is 17.1 Å². The van der Waals surface area contributed by atoms with Crippen LogP contribution < -0.4 is 10.2 Å². The molecule has 1 N–H and O–H groups in total. The number of carbonyl (C=O) groups excluding carboxylic acids is 1. The molecule has 0 unspecified atom stereocenters. The molecule has 3 aliphatic rings. The predicted octanol–water partition coefficient (Wildman–Crippen LogP) is 3.61. The number of fused-ring (bicyclic) bond motifs is 1. The van der Waals surface area contributed by atoms with Gasteiger partial charge in [-0.1, -0.05) is 24.3 Å². The average Bonchev–Trinajstić information content (AvgIpc) is 3.62. The molecule has 172 valence electrons. The number of rotatable bonds is 4. The Bertz CT molecular complexity index is 1160. The Kier molecular flexibility index (Phi) is 5.09. The van der Waals surface area contributed by atoms with Crippen LogP contribution in [0.1, 0.15) is 31.2 Å². The van der Waals surface area contributed by atoms with Gasteiger partial charge in [0.15, 0.2) is 0 Å². The molecule has 1 aromatic carbocycles. The summed E-state index contributed by atoms with van der Waals surface area (Å²) in [6, 6.07) is 12.1. The molecule has 0 bridgehead atoms. The molecule has 0 radical (unpaired) electrons. The number of aromatic nitrogens is 2. The Morgan fingerprint density at radius 1 is 1.00 bits per heavy atom. The summed E-state index contributed by atoms with van der Waals surface area (Å²) < 4.78 is 17.2. The Morgan fingerprint density at radius 2 is 1.73 bits per heavy atom. The van der Waals surface area contributed by atoms with Crippen LogP contribution in [0.5, 0.6) is 0 Å². The standard InChI is InChI=1S/C26H30FN5O/c27-26(8-11-28-12-9-26)22-5-3-19(4-6-22)21-17-24-23(7-10-29-32(24)18-21)30-13-15-31(16-14-30)25(33)20-1-2-20/h3-7,10,17-18,20,28H,1-2,8-9,11-16H2. The fourth-order valence-corrected chi connectivity index (χ4v) is 5.25. The van der Waals surface area contributed by atoms with E-state index in [-0.39, 0.29) is 5.92 Å². The quantitative estimate of drug-likeness (QED) is 0.664. The number of halogens is 1. The summed E-state index contributed by atoms with van der Waals surface area (Å²) in [5.74, 6) is 0.619. The Hall–Kier alpha value is -2.93. The lowest BCUT2D eigenvalue weighted by Crippen LogP contribution is -2.49. The summed E-state index contributed by atoms with van der Waals surface area (Å²) in [6.45, 7) is 4.67. The van der Waals surface area contributed by atoms with Gasteiger partial charge in [-0.05, 0) is 62.0 Å². The van der Waals surface area contributed by atoms with Gasteiger partial charge in [0, 0.05) is 50.1 Å². The molecule has 0 atom stereocenters. The molecule has 1 saturated carbocycles. The van der Waals surface area contributed by atoms with Crippen molar-refractivity contribution in [1.82, 2.24) is 19.8 Å². The monoisotopic (exact) mass is 447 g/mol. The van der Waals surface area contributed by atoms with Crippen LogP contribution in [-0.4, -0.2) is 59.7 Å². The molecule has 2 saturated heterocycles. The van der Waals surface area contributed by atoms with Crippen LogP contribution in [-0.2, 0) is 10.5 Å². The highest BCUT2D eigenvalue weighted by Crippen LogP contribution is 2.37. The van der Waals surface area contributed by atoms with E-state index in [0.717, 1.165) is 80.0 Å². The number of piperidine rings is 1. The summed E-state index contributed by atoms with van der Waals surface area (Å²) in [7, 11) is 0. The number of piperazine rings is 1. The molecule has 6 rings (SSSR count). The number of amides is 1. The number of anilines is 1. The second-order valence-corrected chi connectivity index (χ2v) is 9.65. The second-order valence-electron chi connectivity index (χ2n) is 9.65. The molecule has 4 heterocycles. The topological polar surface area (TPSA) is 52.9 Å². The number of hydrogen-bond donors (Lipinski definition) is 1. The van der Waals surface area contributed by atoms with Crippen molar-refractivity contribution in [2.75, 3.05) is 44.2 Å². The smallest absolute Gasteiger partial charge is 0.225 e. The number of nitrogens with one attached hydrogen (secondary N) is 1. The zero-order valence-corrected chi connectivity index (χ0v) is 18.8. The highest BCUT2D eigenvalue weighted by molar-refractivity contribution is 5.82. The van der Waals surface area contributed by atoms with Gasteiger partial charge in [-0.15, -0.1) is 0 Å². The maximum absolute atomic E-state index is 15.3. The van der Waals surface area contributed by atoms with Gasteiger partial charge >= 0.3 is 0 Å². The molecule has 1 aliphatic carbocycles. The van der Waals surface area contributed by atoms with Crippen molar-refractivity contribution < 1.29 is 9.18 Å². The molecule has 6 nitrogen and oxygen atoms in total. The van der Waals surface area contributed by atoms with Crippen LogP contribution in [0.2, 0.25) is 0 Å². The first-order chi connectivity index (χ1) is 16.1. The van der Waals surface area contributed by atoms with E-state index in [1.807, 2.05) is 46.1 Å². The Labute approximate surface area is 193 Å². The number of carbonyl (C=O) groups is 1. The van der Waals surface area contributed by atoms with Crippen molar-refractivity contribution in [1.29, 1.82) is 0 Å². The first-order valence-corrected chi connectivity index (χ1v) is 12.1. The minimum Gasteiger partial charge on any atom is -0.366 e. The largest absolute Gasteiger partial charge is 0.366 e. The highest BCUT2D eigenvalue weighted by Gasteiger charge is 2.35. The van der Waals surface area contributed by atoms with Crippen LogP contribution in [0, 0.1) is 5.92 Å². The van der Waals surface area contributed by atoms with Gasteiger partial charge in [-0.2, -0.15) is 5.10 Å². The summed E-state index contributed by atoms with van der Waals surface area (Å²) >= 11 is 0. The molecule has 0 spiro atoms. The van der Waals surface area contributed by atoms with E-state index in [0.29, 0.717) is 18.7 Å². The van der Waals surface area contributed by atoms with Crippen LogP contribution in [0.15, 0.2) is 48.8 Å². The van der Waals surface area contributed by atoms with Crippen molar-refractivity contribution in [3.05, 3.63) is 54.4 Å². The molecule has 2 aliphatic heterocycles. The lowest BCUT2D eigenvalue weighted by molar-refractivity contribution is -0.132. The van der Waals surface area contributed by atoms with Gasteiger partial charge in [-0.25, -0.2) is 8.91 Å². The Morgan fingerprint density at radius 3 is 2.42 bits per heavy atom. The first-order valence-electron chi connectivity index (χ1n) is 12.1. The number of nitrogens with zero attached hydrogens (tertiary/aromatic N) is 4. The SMILES string of the molecule is O=C(C1CC1)N1CCN(c2ccnn3cc(-c4ccc(C5(F)CCNCC5)cc4)cc23)CC1. The zero-order valence-electron chi connectivity index (χ0n) is 18.8. The van der Waals surface area contributed by atoms with E-state index in [9.17, 15) is 4.79 Å². The van der Waals surface area contributed by atoms with Gasteiger partial charge in [0.25, 0.3) is 0 Å². The van der Waals surface area contributed by atoms with Crippen LogP contribution in [0.4, 0.5) is 10.1 Å². The van der Waals surface area contributed by atoms with E-state index in [4.69, 9.17) is 0 Å². The van der Waals surface area contributed by atoms with Crippen molar-refractivity contribution in [3.63, 3.8) is 0 Å². The van der Waals surface area contributed by atoms with Crippen molar-refractivity contribution in [3.8, 4) is 11.1 Å². The van der Waals surface area contributed by atoms with Crippen LogP contribution in [0.25, 0.3) is 16.6 Å². The molecule has 3 aromatic rings. The normalized spacial score (nSPS) is 20.9. The van der Waals surface area contributed by atoms with Crippen molar-refractivity contribution in [2.45, 2.75) is 31.4 Å². The predicted molar refractivity (Wildman–Crippen MR) is 127 cm³/mol. The average molecular weight is 448 g/mol. The molecule has 7 heteroatoms. The molecule has 33 heavy (non-hydrogen) atoms. The summed E-state index contributed by atoms with van der Waals surface area (Å²) in [5, 5.41) is 7.75. The molecule has 2 aromatic heterocycles. The van der Waals surface area contributed by atoms with Crippen LogP contribution in [0.3, 0.4) is 0 Å². The molecular formula is C26H30FN5O. The van der Waals surface area contributed by atoms with Crippen LogP contribution >= 0.6 is 0 Å². The zero-order chi connectivity index (χ0) is 22.4. The fraction of sp³-hybridized carbons (Fsp3) is 0.462. The second kappa shape index (κ2) is 8.13. The minimum absolute atomic E-state index is 0.283. The summed E-state index contributed by atoms with van der Waals surface area (Å²) in [6.07, 6.45) is 7.03. The Balaban J connectivity index is 1.22.